The van der Waals surface area contributed by atoms with Gasteiger partial charge in [-0.05, 0) is 37.6 Å². The molecule has 0 fully saturated rings. The van der Waals surface area contributed by atoms with Gasteiger partial charge in [-0.15, -0.1) is 0 Å². The molecule has 0 bridgehead atoms. The lowest BCUT2D eigenvalue weighted by Gasteiger charge is -2.09. The highest BCUT2D eigenvalue weighted by Gasteiger charge is 2.22. The first-order chi connectivity index (χ1) is 14.9. The van der Waals surface area contributed by atoms with Gasteiger partial charge in [0.2, 0.25) is 0 Å². The van der Waals surface area contributed by atoms with Gasteiger partial charge in [0.1, 0.15) is 17.0 Å². The van der Waals surface area contributed by atoms with Gasteiger partial charge in [0, 0.05) is 23.5 Å². The number of nitrogens with one attached hydrogen (secondary N) is 1. The molecule has 0 radical (unpaired) electrons. The summed E-state index contributed by atoms with van der Waals surface area (Å²) in [5, 5.41) is 14.1. The van der Waals surface area contributed by atoms with Gasteiger partial charge >= 0.3 is 5.69 Å². The van der Waals surface area contributed by atoms with Gasteiger partial charge < -0.3 is 10.1 Å². The standard InChI is InChI=1S/C23H20N4O4/c1-14-4-7-16(8-5-14)21-22(26-13-15(2)6-11-20(26)25-21)23(28)24-17-9-10-19(31-3)18(12-17)27(29)30/h4-13H,1-3H3,(H,24,28). The molecule has 2 heterocycles. The average Bonchev–Trinajstić information content (AvgIpc) is 3.12. The van der Waals surface area contributed by atoms with Crippen LogP contribution in [0.4, 0.5) is 11.4 Å². The molecule has 8 heteroatoms. The molecule has 0 atom stereocenters. The maximum Gasteiger partial charge on any atom is 0.312 e. The number of hydrogen-bond acceptors (Lipinski definition) is 5. The predicted molar refractivity (Wildman–Crippen MR) is 118 cm³/mol. The Morgan fingerprint density at radius 2 is 1.77 bits per heavy atom. The zero-order valence-corrected chi connectivity index (χ0v) is 17.2. The zero-order chi connectivity index (χ0) is 22.1. The molecule has 31 heavy (non-hydrogen) atoms. The molecule has 0 spiro atoms. The van der Waals surface area contributed by atoms with Crippen molar-refractivity contribution in [2.45, 2.75) is 13.8 Å². The summed E-state index contributed by atoms with van der Waals surface area (Å²) in [6.07, 6.45) is 1.84. The Kier molecular flexibility index (Phi) is 5.12. The Morgan fingerprint density at radius 1 is 1.06 bits per heavy atom. The number of pyridine rings is 1. The van der Waals surface area contributed by atoms with E-state index in [1.807, 2.05) is 56.4 Å². The number of imidazole rings is 1. The van der Waals surface area contributed by atoms with Crippen LogP contribution in [0.5, 0.6) is 5.75 Å². The van der Waals surface area contributed by atoms with E-state index in [2.05, 4.69) is 10.3 Å². The number of carbonyl (C=O) groups is 1. The lowest BCUT2D eigenvalue weighted by Crippen LogP contribution is -2.15. The van der Waals surface area contributed by atoms with Crippen molar-refractivity contribution in [3.8, 4) is 17.0 Å². The van der Waals surface area contributed by atoms with Crippen molar-refractivity contribution < 1.29 is 14.5 Å². The number of methoxy groups -OCH3 is 1. The number of anilines is 1. The van der Waals surface area contributed by atoms with Crippen LogP contribution in [0.15, 0.2) is 60.8 Å². The fourth-order valence-corrected chi connectivity index (χ4v) is 3.38. The van der Waals surface area contributed by atoms with Crippen LogP contribution in [-0.2, 0) is 0 Å². The van der Waals surface area contributed by atoms with E-state index in [0.29, 0.717) is 17.0 Å². The fourth-order valence-electron chi connectivity index (χ4n) is 3.38. The normalized spacial score (nSPS) is 10.8. The van der Waals surface area contributed by atoms with E-state index in [4.69, 9.17) is 4.74 Å². The van der Waals surface area contributed by atoms with E-state index in [1.165, 1.54) is 19.2 Å². The van der Waals surface area contributed by atoms with Gasteiger partial charge in [0.15, 0.2) is 5.75 Å². The number of amides is 1. The summed E-state index contributed by atoms with van der Waals surface area (Å²) in [4.78, 5) is 28.8. The minimum atomic E-state index is -0.552. The number of hydrogen-bond donors (Lipinski definition) is 1. The number of nitro groups is 1. The van der Waals surface area contributed by atoms with Crippen molar-refractivity contribution in [1.82, 2.24) is 9.38 Å². The molecule has 0 saturated heterocycles. The van der Waals surface area contributed by atoms with Gasteiger partial charge in [-0.1, -0.05) is 35.9 Å². The zero-order valence-electron chi connectivity index (χ0n) is 17.2. The summed E-state index contributed by atoms with van der Waals surface area (Å²) in [6, 6.07) is 15.8. The highest BCUT2D eigenvalue weighted by molar-refractivity contribution is 6.08. The van der Waals surface area contributed by atoms with Crippen LogP contribution in [-0.4, -0.2) is 27.3 Å². The van der Waals surface area contributed by atoms with E-state index in [0.717, 1.165) is 16.7 Å². The van der Waals surface area contributed by atoms with Crippen molar-refractivity contribution in [3.63, 3.8) is 0 Å². The highest BCUT2D eigenvalue weighted by atomic mass is 16.6. The maximum absolute atomic E-state index is 13.3. The van der Waals surface area contributed by atoms with Gasteiger partial charge in [-0.25, -0.2) is 4.98 Å². The van der Waals surface area contributed by atoms with E-state index in [-0.39, 0.29) is 17.1 Å². The lowest BCUT2D eigenvalue weighted by molar-refractivity contribution is -0.385. The number of nitro benzene ring substituents is 1. The molecule has 0 aliphatic carbocycles. The summed E-state index contributed by atoms with van der Waals surface area (Å²) < 4.78 is 6.76. The third kappa shape index (κ3) is 3.83. The molecule has 0 saturated carbocycles. The van der Waals surface area contributed by atoms with Gasteiger partial charge in [-0.2, -0.15) is 0 Å². The Morgan fingerprint density at radius 3 is 2.45 bits per heavy atom. The van der Waals surface area contributed by atoms with Crippen molar-refractivity contribution in [3.05, 3.63) is 87.7 Å². The molecule has 2 aromatic carbocycles. The molecular formula is C23H20N4O4. The third-order valence-electron chi connectivity index (χ3n) is 4.94. The molecule has 8 nitrogen and oxygen atoms in total. The molecular weight excluding hydrogens is 396 g/mol. The maximum atomic E-state index is 13.3. The summed E-state index contributed by atoms with van der Waals surface area (Å²) >= 11 is 0. The van der Waals surface area contributed by atoms with Crippen LogP contribution in [0.25, 0.3) is 16.9 Å². The first kappa shape index (κ1) is 20.1. The molecule has 0 unspecified atom stereocenters. The van der Waals surface area contributed by atoms with Crippen LogP contribution in [0.1, 0.15) is 21.6 Å². The van der Waals surface area contributed by atoms with Crippen molar-refractivity contribution in [1.29, 1.82) is 0 Å². The first-order valence-corrected chi connectivity index (χ1v) is 9.57. The molecule has 4 rings (SSSR count). The molecule has 1 amide bonds. The second-order valence-electron chi connectivity index (χ2n) is 7.21. The van der Waals surface area contributed by atoms with Gasteiger partial charge in [0.25, 0.3) is 5.91 Å². The predicted octanol–water partition coefficient (Wildman–Crippen LogP) is 4.79. The van der Waals surface area contributed by atoms with E-state index in [1.54, 1.807) is 10.5 Å². The summed E-state index contributed by atoms with van der Waals surface area (Å²) in [7, 11) is 1.36. The summed E-state index contributed by atoms with van der Waals surface area (Å²) in [6.45, 7) is 3.92. The topological polar surface area (TPSA) is 98.8 Å². The Hall–Kier alpha value is -4.20. The quantitative estimate of drug-likeness (QED) is 0.373. The number of aryl methyl sites for hydroxylation is 2. The number of aromatic nitrogens is 2. The number of nitrogens with zero attached hydrogens (tertiary/aromatic N) is 3. The Labute approximate surface area is 178 Å². The minimum absolute atomic E-state index is 0.119. The number of carbonyl (C=O) groups excluding carboxylic acids is 1. The molecule has 0 aliphatic heterocycles. The smallest absolute Gasteiger partial charge is 0.312 e. The van der Waals surface area contributed by atoms with Crippen molar-refractivity contribution >= 4 is 22.9 Å². The monoisotopic (exact) mass is 416 g/mol. The SMILES string of the molecule is COc1ccc(NC(=O)c2c(-c3ccc(C)cc3)nc3ccc(C)cn23)cc1[N+](=O)[O-]. The second kappa shape index (κ2) is 7.91. The first-order valence-electron chi connectivity index (χ1n) is 9.57. The lowest BCUT2D eigenvalue weighted by atomic mass is 10.1. The fraction of sp³-hybridized carbons (Fsp3) is 0.130. The van der Waals surface area contributed by atoms with E-state index >= 15 is 0 Å². The summed E-state index contributed by atoms with van der Waals surface area (Å²) in [5.41, 5.74) is 4.44. The molecule has 4 aromatic rings. The summed E-state index contributed by atoms with van der Waals surface area (Å²) in [5.74, 6) is -0.304. The molecule has 1 N–H and O–H groups in total. The number of benzene rings is 2. The van der Waals surface area contributed by atoms with Crippen LogP contribution < -0.4 is 10.1 Å². The number of fused-ring (bicyclic) bond motifs is 1. The van der Waals surface area contributed by atoms with Crippen LogP contribution in [0.2, 0.25) is 0 Å². The van der Waals surface area contributed by atoms with E-state index < -0.39 is 10.8 Å². The number of ether oxygens (including phenoxy) is 1. The van der Waals surface area contributed by atoms with Crippen molar-refractivity contribution in [2.75, 3.05) is 12.4 Å². The van der Waals surface area contributed by atoms with Crippen molar-refractivity contribution in [2.24, 2.45) is 0 Å². The third-order valence-corrected chi connectivity index (χ3v) is 4.94. The van der Waals surface area contributed by atoms with Crippen LogP contribution >= 0.6 is 0 Å². The molecule has 156 valence electrons. The molecule has 0 aliphatic rings. The minimum Gasteiger partial charge on any atom is -0.490 e. The molecule has 2 aromatic heterocycles. The second-order valence-corrected chi connectivity index (χ2v) is 7.21. The highest BCUT2D eigenvalue weighted by Crippen LogP contribution is 2.31. The Bertz CT molecular complexity index is 1310. The van der Waals surface area contributed by atoms with Gasteiger partial charge in [0.05, 0.1) is 12.0 Å². The Balaban J connectivity index is 1.81. The van der Waals surface area contributed by atoms with Gasteiger partial charge in [-0.3, -0.25) is 19.3 Å². The van der Waals surface area contributed by atoms with E-state index in [9.17, 15) is 14.9 Å². The largest absolute Gasteiger partial charge is 0.490 e. The van der Waals surface area contributed by atoms with Crippen LogP contribution in [0, 0.1) is 24.0 Å². The average molecular weight is 416 g/mol. The number of rotatable bonds is 5. The van der Waals surface area contributed by atoms with Crippen LogP contribution in [0.3, 0.4) is 0 Å².